The SMILES string of the molecule is CSc1ccccc1NC(=O)CN1CCCC1(C)C(=O)O. The average Bonchev–Trinajstić information content (AvgIpc) is 2.82. The van der Waals surface area contributed by atoms with Gasteiger partial charge in [-0.05, 0) is 44.7 Å². The fourth-order valence-electron chi connectivity index (χ4n) is 2.63. The van der Waals surface area contributed by atoms with Gasteiger partial charge in [0.25, 0.3) is 0 Å². The summed E-state index contributed by atoms with van der Waals surface area (Å²) in [6, 6.07) is 7.58. The van der Waals surface area contributed by atoms with E-state index >= 15 is 0 Å². The summed E-state index contributed by atoms with van der Waals surface area (Å²) < 4.78 is 0. The normalized spacial score (nSPS) is 22.2. The predicted octanol–water partition coefficient (Wildman–Crippen LogP) is 2.29. The third kappa shape index (κ3) is 3.39. The molecule has 1 aliphatic heterocycles. The van der Waals surface area contributed by atoms with Crippen molar-refractivity contribution >= 4 is 29.3 Å². The first-order valence-corrected chi connectivity index (χ1v) is 8.11. The Kier molecular flexibility index (Phi) is 4.90. The highest BCUT2D eigenvalue weighted by atomic mass is 32.2. The lowest BCUT2D eigenvalue weighted by Gasteiger charge is -2.30. The summed E-state index contributed by atoms with van der Waals surface area (Å²) in [5.41, 5.74) is -0.165. The number of amides is 1. The summed E-state index contributed by atoms with van der Waals surface area (Å²) in [5.74, 6) is -1.04. The van der Waals surface area contributed by atoms with Crippen LogP contribution in [0.2, 0.25) is 0 Å². The largest absolute Gasteiger partial charge is 0.480 e. The molecule has 1 aliphatic rings. The predicted molar refractivity (Wildman–Crippen MR) is 83.7 cm³/mol. The number of benzene rings is 1. The van der Waals surface area contributed by atoms with Crippen LogP contribution in [-0.4, -0.2) is 46.8 Å². The molecule has 6 heteroatoms. The second kappa shape index (κ2) is 6.49. The van der Waals surface area contributed by atoms with Crippen molar-refractivity contribution in [2.75, 3.05) is 24.7 Å². The number of likely N-dealkylation sites (tertiary alicyclic amines) is 1. The maximum Gasteiger partial charge on any atom is 0.323 e. The van der Waals surface area contributed by atoms with Crippen LogP contribution in [0.5, 0.6) is 0 Å². The highest BCUT2D eigenvalue weighted by molar-refractivity contribution is 7.98. The van der Waals surface area contributed by atoms with Gasteiger partial charge in [-0.15, -0.1) is 11.8 Å². The van der Waals surface area contributed by atoms with Crippen molar-refractivity contribution in [1.82, 2.24) is 4.90 Å². The van der Waals surface area contributed by atoms with E-state index < -0.39 is 11.5 Å². The summed E-state index contributed by atoms with van der Waals surface area (Å²) in [6.45, 7) is 2.43. The fourth-order valence-corrected chi connectivity index (χ4v) is 3.18. The first-order valence-electron chi connectivity index (χ1n) is 6.88. The zero-order valence-electron chi connectivity index (χ0n) is 12.3. The number of carboxylic acids is 1. The molecule has 0 saturated carbocycles. The monoisotopic (exact) mass is 308 g/mol. The van der Waals surface area contributed by atoms with Crippen LogP contribution in [-0.2, 0) is 9.59 Å². The van der Waals surface area contributed by atoms with E-state index in [2.05, 4.69) is 5.32 Å². The summed E-state index contributed by atoms with van der Waals surface area (Å²) in [7, 11) is 0. The Balaban J connectivity index is 2.03. The average molecular weight is 308 g/mol. The van der Waals surface area contributed by atoms with Crippen molar-refractivity contribution in [3.8, 4) is 0 Å². The van der Waals surface area contributed by atoms with Crippen LogP contribution in [0.25, 0.3) is 0 Å². The molecule has 114 valence electrons. The molecule has 1 aromatic rings. The number of nitrogens with one attached hydrogen (secondary N) is 1. The third-order valence-electron chi connectivity index (χ3n) is 3.97. The molecule has 1 aromatic carbocycles. The van der Waals surface area contributed by atoms with E-state index in [1.54, 1.807) is 23.6 Å². The maximum atomic E-state index is 12.2. The van der Waals surface area contributed by atoms with Crippen LogP contribution >= 0.6 is 11.8 Å². The van der Waals surface area contributed by atoms with E-state index in [0.29, 0.717) is 13.0 Å². The Hall–Kier alpha value is -1.53. The highest BCUT2D eigenvalue weighted by Crippen LogP contribution is 2.29. The van der Waals surface area contributed by atoms with Crippen LogP contribution in [0.4, 0.5) is 5.69 Å². The van der Waals surface area contributed by atoms with Crippen molar-refractivity contribution in [2.45, 2.75) is 30.2 Å². The smallest absolute Gasteiger partial charge is 0.323 e. The van der Waals surface area contributed by atoms with E-state index in [1.807, 2.05) is 30.5 Å². The minimum Gasteiger partial charge on any atom is -0.480 e. The molecule has 1 amide bonds. The summed E-state index contributed by atoms with van der Waals surface area (Å²) in [5, 5.41) is 12.2. The summed E-state index contributed by atoms with van der Waals surface area (Å²) in [4.78, 5) is 26.3. The number of hydrogen-bond acceptors (Lipinski definition) is 4. The number of rotatable bonds is 5. The molecule has 1 heterocycles. The number of anilines is 1. The molecule has 0 aromatic heterocycles. The molecule has 1 atom stereocenters. The van der Waals surface area contributed by atoms with Crippen molar-refractivity contribution in [1.29, 1.82) is 0 Å². The Labute approximate surface area is 128 Å². The summed E-state index contributed by atoms with van der Waals surface area (Å²) in [6.07, 6.45) is 3.33. The zero-order valence-corrected chi connectivity index (χ0v) is 13.1. The number of carbonyl (C=O) groups is 2. The molecule has 5 nitrogen and oxygen atoms in total. The molecule has 2 rings (SSSR count). The topological polar surface area (TPSA) is 69.6 Å². The lowest BCUT2D eigenvalue weighted by atomic mass is 9.99. The van der Waals surface area contributed by atoms with Crippen LogP contribution in [0.1, 0.15) is 19.8 Å². The number of carboxylic acid groups (broad SMARTS) is 1. The number of para-hydroxylation sites is 1. The van der Waals surface area contributed by atoms with Crippen LogP contribution < -0.4 is 5.32 Å². The van der Waals surface area contributed by atoms with E-state index in [4.69, 9.17) is 0 Å². The van der Waals surface area contributed by atoms with Gasteiger partial charge < -0.3 is 10.4 Å². The summed E-state index contributed by atoms with van der Waals surface area (Å²) >= 11 is 1.56. The first kappa shape index (κ1) is 15.9. The molecule has 1 unspecified atom stereocenters. The molecule has 0 aliphatic carbocycles. The molecule has 0 spiro atoms. The minimum absolute atomic E-state index is 0.103. The van der Waals surface area contributed by atoms with E-state index in [0.717, 1.165) is 17.0 Å². The Morgan fingerprint density at radius 2 is 2.14 bits per heavy atom. The van der Waals surface area contributed by atoms with E-state index in [-0.39, 0.29) is 12.5 Å². The van der Waals surface area contributed by atoms with Crippen LogP contribution in [0.3, 0.4) is 0 Å². The number of nitrogens with zero attached hydrogens (tertiary/aromatic N) is 1. The van der Waals surface area contributed by atoms with Gasteiger partial charge in [0.2, 0.25) is 5.91 Å². The van der Waals surface area contributed by atoms with Crippen LogP contribution in [0, 0.1) is 0 Å². The Bertz CT molecular complexity index is 549. The third-order valence-corrected chi connectivity index (χ3v) is 4.76. The molecular weight excluding hydrogens is 288 g/mol. The lowest BCUT2D eigenvalue weighted by molar-refractivity contribution is -0.149. The van der Waals surface area contributed by atoms with Gasteiger partial charge in [-0.2, -0.15) is 0 Å². The van der Waals surface area contributed by atoms with Crippen molar-refractivity contribution < 1.29 is 14.7 Å². The number of hydrogen-bond donors (Lipinski definition) is 2. The van der Waals surface area contributed by atoms with Gasteiger partial charge in [-0.3, -0.25) is 14.5 Å². The molecule has 0 bridgehead atoms. The number of carbonyl (C=O) groups excluding carboxylic acids is 1. The van der Waals surface area contributed by atoms with Gasteiger partial charge in [-0.25, -0.2) is 0 Å². The van der Waals surface area contributed by atoms with Gasteiger partial charge in [0.15, 0.2) is 0 Å². The van der Waals surface area contributed by atoms with Gasteiger partial charge >= 0.3 is 5.97 Å². The molecule has 1 saturated heterocycles. The van der Waals surface area contributed by atoms with Gasteiger partial charge in [-0.1, -0.05) is 12.1 Å². The quantitative estimate of drug-likeness (QED) is 0.817. The molecule has 1 fully saturated rings. The van der Waals surface area contributed by atoms with Crippen molar-refractivity contribution in [2.24, 2.45) is 0 Å². The van der Waals surface area contributed by atoms with Gasteiger partial charge in [0, 0.05) is 4.90 Å². The molecule has 2 N–H and O–H groups in total. The zero-order chi connectivity index (χ0) is 15.5. The second-order valence-corrected chi connectivity index (χ2v) is 6.20. The van der Waals surface area contributed by atoms with Crippen molar-refractivity contribution in [3.05, 3.63) is 24.3 Å². The maximum absolute atomic E-state index is 12.2. The number of thioether (sulfide) groups is 1. The highest BCUT2D eigenvalue weighted by Gasteiger charge is 2.43. The standard InChI is InChI=1S/C15H20N2O3S/c1-15(14(19)20)8-5-9-17(15)10-13(18)16-11-6-3-4-7-12(11)21-2/h3-4,6-7H,5,8-10H2,1-2H3,(H,16,18)(H,19,20). The first-order chi connectivity index (χ1) is 9.97. The Morgan fingerprint density at radius 1 is 1.43 bits per heavy atom. The van der Waals surface area contributed by atoms with Gasteiger partial charge in [0.05, 0.1) is 12.2 Å². The van der Waals surface area contributed by atoms with E-state index in [1.165, 1.54) is 0 Å². The molecular formula is C15H20N2O3S. The molecule has 21 heavy (non-hydrogen) atoms. The second-order valence-electron chi connectivity index (χ2n) is 5.35. The lowest BCUT2D eigenvalue weighted by Crippen LogP contribution is -2.50. The van der Waals surface area contributed by atoms with Crippen molar-refractivity contribution in [3.63, 3.8) is 0 Å². The minimum atomic E-state index is -0.934. The van der Waals surface area contributed by atoms with Gasteiger partial charge in [0.1, 0.15) is 5.54 Å². The number of aliphatic carboxylic acids is 1. The van der Waals surface area contributed by atoms with Crippen LogP contribution in [0.15, 0.2) is 29.2 Å². The Morgan fingerprint density at radius 3 is 2.81 bits per heavy atom. The van der Waals surface area contributed by atoms with E-state index in [9.17, 15) is 14.7 Å². The molecule has 0 radical (unpaired) electrons. The fraction of sp³-hybridized carbons (Fsp3) is 0.467.